The Kier molecular flexibility index (Phi) is 8.08. The first-order chi connectivity index (χ1) is 14.5. The number of benzene rings is 2. The predicted octanol–water partition coefficient (Wildman–Crippen LogP) is 4.78. The SMILES string of the molecule is CCCOc1ccc(C(F)(F)F)cc1NC(=O)c1ccc(S(=O)(=O)N(CC)CC)cc1. The Morgan fingerprint density at radius 3 is 2.16 bits per heavy atom. The van der Waals surface area contributed by atoms with Crippen molar-refractivity contribution in [2.75, 3.05) is 25.0 Å². The van der Waals surface area contributed by atoms with Crippen LogP contribution in [0.5, 0.6) is 5.75 Å². The number of hydrogen-bond donors (Lipinski definition) is 1. The smallest absolute Gasteiger partial charge is 0.416 e. The fourth-order valence-corrected chi connectivity index (χ4v) is 4.29. The van der Waals surface area contributed by atoms with Gasteiger partial charge in [0.05, 0.1) is 22.8 Å². The van der Waals surface area contributed by atoms with Gasteiger partial charge >= 0.3 is 6.18 Å². The summed E-state index contributed by atoms with van der Waals surface area (Å²) in [7, 11) is -3.68. The Bertz CT molecular complexity index is 1000. The van der Waals surface area contributed by atoms with Crippen molar-refractivity contribution in [3.63, 3.8) is 0 Å². The van der Waals surface area contributed by atoms with Crippen LogP contribution in [0, 0.1) is 0 Å². The van der Waals surface area contributed by atoms with Gasteiger partial charge < -0.3 is 10.1 Å². The van der Waals surface area contributed by atoms with Crippen LogP contribution < -0.4 is 10.1 Å². The lowest BCUT2D eigenvalue weighted by atomic mass is 10.1. The number of sulfonamides is 1. The minimum absolute atomic E-state index is 0.0267. The normalized spacial score (nSPS) is 12.1. The van der Waals surface area contributed by atoms with Crippen molar-refractivity contribution >= 4 is 21.6 Å². The average Bonchev–Trinajstić information content (AvgIpc) is 2.72. The second-order valence-corrected chi connectivity index (χ2v) is 8.56. The van der Waals surface area contributed by atoms with Crippen LogP contribution in [0.4, 0.5) is 18.9 Å². The van der Waals surface area contributed by atoms with Gasteiger partial charge in [-0.1, -0.05) is 20.8 Å². The number of hydrogen-bond acceptors (Lipinski definition) is 4. The molecule has 6 nitrogen and oxygen atoms in total. The average molecular weight is 459 g/mol. The molecule has 31 heavy (non-hydrogen) atoms. The summed E-state index contributed by atoms with van der Waals surface area (Å²) in [6, 6.07) is 8.06. The molecule has 0 fully saturated rings. The summed E-state index contributed by atoms with van der Waals surface area (Å²) in [5.41, 5.74) is -0.947. The molecule has 0 bridgehead atoms. The molecule has 0 aliphatic carbocycles. The monoisotopic (exact) mass is 458 g/mol. The van der Waals surface area contributed by atoms with Crippen LogP contribution in [-0.4, -0.2) is 38.3 Å². The first-order valence-corrected chi connectivity index (χ1v) is 11.2. The zero-order valence-electron chi connectivity index (χ0n) is 17.5. The van der Waals surface area contributed by atoms with E-state index in [1.165, 1.54) is 28.6 Å². The molecule has 2 rings (SSSR count). The summed E-state index contributed by atoms with van der Waals surface area (Å²) in [6.07, 6.45) is -3.94. The Balaban J connectivity index is 2.30. The fraction of sp³-hybridized carbons (Fsp3) is 0.381. The minimum Gasteiger partial charge on any atom is -0.491 e. The third-order valence-corrected chi connectivity index (χ3v) is 6.54. The molecule has 0 heterocycles. The molecule has 0 aromatic heterocycles. The van der Waals surface area contributed by atoms with Crippen molar-refractivity contribution in [1.29, 1.82) is 0 Å². The van der Waals surface area contributed by atoms with Gasteiger partial charge in [-0.2, -0.15) is 17.5 Å². The van der Waals surface area contributed by atoms with E-state index in [1.807, 2.05) is 6.92 Å². The zero-order valence-corrected chi connectivity index (χ0v) is 18.3. The van der Waals surface area contributed by atoms with Crippen LogP contribution >= 0.6 is 0 Å². The molecule has 1 N–H and O–H groups in total. The van der Waals surface area contributed by atoms with E-state index in [4.69, 9.17) is 4.74 Å². The minimum atomic E-state index is -4.58. The molecule has 0 aliphatic heterocycles. The van der Waals surface area contributed by atoms with Crippen molar-refractivity contribution in [2.45, 2.75) is 38.3 Å². The standard InChI is InChI=1S/C21H25F3N2O4S/c1-4-13-30-19-12-9-16(21(22,23)24)14-18(19)25-20(27)15-7-10-17(11-8-15)31(28,29)26(5-2)6-3/h7-12,14H,4-6,13H2,1-3H3,(H,25,27). The van der Waals surface area contributed by atoms with Crippen molar-refractivity contribution in [1.82, 2.24) is 4.31 Å². The van der Waals surface area contributed by atoms with Gasteiger partial charge in [-0.25, -0.2) is 8.42 Å². The molecule has 0 unspecified atom stereocenters. The molecule has 10 heteroatoms. The number of carbonyl (C=O) groups is 1. The van der Waals surface area contributed by atoms with Crippen molar-refractivity contribution in [2.24, 2.45) is 0 Å². The van der Waals surface area contributed by atoms with E-state index < -0.39 is 27.7 Å². The van der Waals surface area contributed by atoms with Crippen LogP contribution in [0.1, 0.15) is 43.1 Å². The molecule has 2 aromatic carbocycles. The number of rotatable bonds is 9. The number of nitrogens with zero attached hydrogens (tertiary/aromatic N) is 1. The highest BCUT2D eigenvalue weighted by molar-refractivity contribution is 7.89. The van der Waals surface area contributed by atoms with Gasteiger partial charge in [0.2, 0.25) is 10.0 Å². The highest BCUT2D eigenvalue weighted by Crippen LogP contribution is 2.35. The lowest BCUT2D eigenvalue weighted by Crippen LogP contribution is -2.30. The van der Waals surface area contributed by atoms with E-state index in [2.05, 4.69) is 5.32 Å². The maximum atomic E-state index is 13.1. The van der Waals surface area contributed by atoms with Crippen LogP contribution in [0.15, 0.2) is 47.4 Å². The van der Waals surface area contributed by atoms with E-state index in [1.54, 1.807) is 13.8 Å². The largest absolute Gasteiger partial charge is 0.491 e. The Labute approximate surface area is 180 Å². The van der Waals surface area contributed by atoms with Gasteiger partial charge in [0.1, 0.15) is 5.75 Å². The van der Waals surface area contributed by atoms with Gasteiger partial charge in [0.25, 0.3) is 5.91 Å². The molecular formula is C21H25F3N2O4S. The molecular weight excluding hydrogens is 433 g/mol. The van der Waals surface area contributed by atoms with E-state index in [0.717, 1.165) is 18.2 Å². The second-order valence-electron chi connectivity index (χ2n) is 6.62. The third kappa shape index (κ3) is 5.98. The number of anilines is 1. The van der Waals surface area contributed by atoms with E-state index >= 15 is 0 Å². The quantitative estimate of drug-likeness (QED) is 0.587. The number of halogens is 3. The van der Waals surface area contributed by atoms with Gasteiger partial charge in [-0.05, 0) is 48.9 Å². The summed E-state index contributed by atoms with van der Waals surface area (Å²) >= 11 is 0. The van der Waals surface area contributed by atoms with Crippen molar-refractivity contribution in [3.8, 4) is 5.75 Å². The topological polar surface area (TPSA) is 75.7 Å². The van der Waals surface area contributed by atoms with Gasteiger partial charge in [-0.15, -0.1) is 0 Å². The van der Waals surface area contributed by atoms with Crippen LogP contribution in [0.3, 0.4) is 0 Å². The summed E-state index contributed by atoms with van der Waals surface area (Å²) in [4.78, 5) is 12.6. The molecule has 170 valence electrons. The lowest BCUT2D eigenvalue weighted by Gasteiger charge is -2.18. The third-order valence-electron chi connectivity index (χ3n) is 4.48. The van der Waals surface area contributed by atoms with Crippen LogP contribution in [0.2, 0.25) is 0 Å². The fourth-order valence-electron chi connectivity index (χ4n) is 2.83. The van der Waals surface area contributed by atoms with Crippen molar-refractivity contribution in [3.05, 3.63) is 53.6 Å². The molecule has 0 saturated carbocycles. The first kappa shape index (κ1) is 24.7. The lowest BCUT2D eigenvalue weighted by molar-refractivity contribution is -0.137. The maximum Gasteiger partial charge on any atom is 0.416 e. The molecule has 1 amide bonds. The molecule has 0 radical (unpaired) electrons. The van der Waals surface area contributed by atoms with Crippen molar-refractivity contribution < 1.29 is 31.1 Å². The number of carbonyl (C=O) groups excluding carboxylic acids is 1. The van der Waals surface area contributed by atoms with Gasteiger partial charge in [0, 0.05) is 18.7 Å². The highest BCUT2D eigenvalue weighted by Gasteiger charge is 2.31. The van der Waals surface area contributed by atoms with Crippen LogP contribution in [-0.2, 0) is 16.2 Å². The summed E-state index contributed by atoms with van der Waals surface area (Å²) in [6.45, 7) is 6.16. The molecule has 0 atom stereocenters. The van der Waals surface area contributed by atoms with Crippen LogP contribution in [0.25, 0.3) is 0 Å². The van der Waals surface area contributed by atoms with E-state index in [0.29, 0.717) is 19.5 Å². The van der Waals surface area contributed by atoms with E-state index in [9.17, 15) is 26.4 Å². The molecule has 0 saturated heterocycles. The Morgan fingerprint density at radius 1 is 1.03 bits per heavy atom. The number of ether oxygens (including phenoxy) is 1. The number of nitrogens with one attached hydrogen (secondary N) is 1. The molecule has 0 spiro atoms. The van der Waals surface area contributed by atoms with Gasteiger partial charge in [0.15, 0.2) is 0 Å². The summed E-state index contributed by atoms with van der Waals surface area (Å²) in [5, 5.41) is 2.43. The molecule has 0 aliphatic rings. The predicted molar refractivity (Wildman–Crippen MR) is 112 cm³/mol. The second kappa shape index (κ2) is 10.1. The number of alkyl halides is 3. The Hall–Kier alpha value is -2.59. The first-order valence-electron chi connectivity index (χ1n) is 9.80. The summed E-state index contributed by atoms with van der Waals surface area (Å²) < 4.78 is 71.0. The van der Waals surface area contributed by atoms with E-state index in [-0.39, 0.29) is 28.5 Å². The molecule has 2 aromatic rings. The number of amides is 1. The zero-order chi connectivity index (χ0) is 23.2. The summed E-state index contributed by atoms with van der Waals surface area (Å²) in [5.74, 6) is -0.573. The maximum absolute atomic E-state index is 13.1. The highest BCUT2D eigenvalue weighted by atomic mass is 32.2. The Morgan fingerprint density at radius 2 is 1.65 bits per heavy atom. The van der Waals surface area contributed by atoms with Gasteiger partial charge in [-0.3, -0.25) is 4.79 Å².